The molecule has 0 unspecified atom stereocenters. The van der Waals surface area contributed by atoms with Gasteiger partial charge < -0.3 is 15.1 Å². The monoisotopic (exact) mass is 427 g/mol. The molecule has 0 saturated carbocycles. The van der Waals surface area contributed by atoms with Crippen molar-refractivity contribution in [1.29, 1.82) is 0 Å². The first-order chi connectivity index (χ1) is 14.2. The van der Waals surface area contributed by atoms with E-state index in [0.29, 0.717) is 41.7 Å². The smallest absolute Gasteiger partial charge is 0.255 e. The maximum absolute atomic E-state index is 12.9. The molecule has 160 valence electrons. The number of piperazine rings is 1. The van der Waals surface area contributed by atoms with Gasteiger partial charge in [0.05, 0.1) is 11.4 Å². The van der Waals surface area contributed by atoms with Crippen LogP contribution < -0.4 is 10.2 Å². The van der Waals surface area contributed by atoms with Gasteiger partial charge in [-0.2, -0.15) is 0 Å². The Hall–Kier alpha value is -2.53. The SMILES string of the molecule is Cc1cc(C)cc(C(=O)Nc2cc(Cl)ccc2N2CCN(C(=O)CC(C)C)CC2)c1. The minimum absolute atomic E-state index is 0.156. The van der Waals surface area contributed by atoms with E-state index in [4.69, 9.17) is 11.6 Å². The van der Waals surface area contributed by atoms with E-state index in [9.17, 15) is 9.59 Å². The summed E-state index contributed by atoms with van der Waals surface area (Å²) in [5.74, 6) is 0.416. The fourth-order valence-corrected chi connectivity index (χ4v) is 4.03. The summed E-state index contributed by atoms with van der Waals surface area (Å²) in [6.07, 6.45) is 0.582. The molecule has 6 heteroatoms. The molecule has 0 aliphatic carbocycles. The predicted molar refractivity (Wildman–Crippen MR) is 124 cm³/mol. The number of aryl methyl sites for hydroxylation is 2. The Morgan fingerprint density at radius 2 is 1.63 bits per heavy atom. The van der Waals surface area contributed by atoms with Gasteiger partial charge in [-0.05, 0) is 50.1 Å². The van der Waals surface area contributed by atoms with Gasteiger partial charge in [0.1, 0.15) is 0 Å². The molecule has 0 radical (unpaired) electrons. The molecule has 1 heterocycles. The Morgan fingerprint density at radius 3 is 2.23 bits per heavy atom. The molecule has 2 aromatic rings. The zero-order valence-corrected chi connectivity index (χ0v) is 18.9. The number of nitrogens with zero attached hydrogens (tertiary/aromatic N) is 2. The van der Waals surface area contributed by atoms with Crippen molar-refractivity contribution in [2.75, 3.05) is 36.4 Å². The summed E-state index contributed by atoms with van der Waals surface area (Å²) in [5, 5.41) is 3.60. The number of carbonyl (C=O) groups excluding carboxylic acids is 2. The lowest BCUT2D eigenvalue weighted by Gasteiger charge is -2.37. The second kappa shape index (κ2) is 9.52. The number of benzene rings is 2. The number of hydrogen-bond acceptors (Lipinski definition) is 3. The standard InChI is InChI=1S/C24H30ClN3O2/c1-16(2)11-23(29)28-9-7-27(8-10-28)22-6-5-20(25)15-21(22)26-24(30)19-13-17(3)12-18(4)14-19/h5-6,12-16H,7-11H2,1-4H3,(H,26,30). The molecular formula is C24H30ClN3O2. The number of nitrogens with one attached hydrogen (secondary N) is 1. The minimum Gasteiger partial charge on any atom is -0.366 e. The Kier molecular flexibility index (Phi) is 7.03. The van der Waals surface area contributed by atoms with Crippen molar-refractivity contribution in [2.45, 2.75) is 34.1 Å². The molecule has 1 saturated heterocycles. The van der Waals surface area contributed by atoms with Crippen LogP contribution in [0.25, 0.3) is 0 Å². The highest BCUT2D eigenvalue weighted by atomic mass is 35.5. The van der Waals surface area contributed by atoms with E-state index in [-0.39, 0.29) is 11.8 Å². The van der Waals surface area contributed by atoms with E-state index in [2.05, 4.69) is 24.1 Å². The number of halogens is 1. The average Bonchev–Trinajstić information content (AvgIpc) is 2.67. The van der Waals surface area contributed by atoms with Crippen molar-refractivity contribution in [1.82, 2.24) is 4.90 Å². The molecule has 1 aliphatic heterocycles. The van der Waals surface area contributed by atoms with Gasteiger partial charge in [-0.15, -0.1) is 0 Å². The Bertz CT molecular complexity index is 914. The van der Waals surface area contributed by atoms with Gasteiger partial charge in [-0.3, -0.25) is 9.59 Å². The van der Waals surface area contributed by atoms with E-state index in [1.165, 1.54) is 0 Å². The highest BCUT2D eigenvalue weighted by molar-refractivity contribution is 6.31. The Morgan fingerprint density at radius 1 is 1.00 bits per heavy atom. The lowest BCUT2D eigenvalue weighted by Crippen LogP contribution is -2.49. The third-order valence-electron chi connectivity index (χ3n) is 5.25. The second-order valence-corrected chi connectivity index (χ2v) is 8.89. The van der Waals surface area contributed by atoms with Crippen molar-refractivity contribution in [2.24, 2.45) is 5.92 Å². The lowest BCUT2D eigenvalue weighted by molar-refractivity contribution is -0.132. The van der Waals surface area contributed by atoms with Gasteiger partial charge >= 0.3 is 0 Å². The Balaban J connectivity index is 1.74. The number of rotatable bonds is 5. The van der Waals surface area contributed by atoms with Gasteiger partial charge in [-0.1, -0.05) is 42.6 Å². The molecule has 1 fully saturated rings. The molecule has 1 aliphatic rings. The maximum atomic E-state index is 12.9. The first-order valence-electron chi connectivity index (χ1n) is 10.4. The second-order valence-electron chi connectivity index (χ2n) is 8.46. The quantitative estimate of drug-likeness (QED) is 0.738. The molecule has 30 heavy (non-hydrogen) atoms. The third kappa shape index (κ3) is 5.54. The normalized spacial score (nSPS) is 14.2. The third-order valence-corrected chi connectivity index (χ3v) is 5.48. The first kappa shape index (κ1) is 22.2. The van der Waals surface area contributed by atoms with E-state index < -0.39 is 0 Å². The van der Waals surface area contributed by atoms with E-state index in [1.54, 1.807) is 6.07 Å². The van der Waals surface area contributed by atoms with Gasteiger partial charge in [0.25, 0.3) is 5.91 Å². The largest absolute Gasteiger partial charge is 0.366 e. The van der Waals surface area contributed by atoms with Crippen LogP contribution in [0.4, 0.5) is 11.4 Å². The molecule has 0 spiro atoms. The molecular weight excluding hydrogens is 398 g/mol. The number of hydrogen-bond donors (Lipinski definition) is 1. The van der Waals surface area contributed by atoms with Crippen LogP contribution in [-0.2, 0) is 4.79 Å². The van der Waals surface area contributed by atoms with E-state index in [1.807, 2.05) is 49.1 Å². The summed E-state index contributed by atoms with van der Waals surface area (Å²) in [6, 6.07) is 11.4. The summed E-state index contributed by atoms with van der Waals surface area (Å²) in [4.78, 5) is 29.4. The van der Waals surface area contributed by atoms with Gasteiger partial charge in [0.15, 0.2) is 0 Å². The fraction of sp³-hybridized carbons (Fsp3) is 0.417. The van der Waals surface area contributed by atoms with Crippen LogP contribution in [0.5, 0.6) is 0 Å². The van der Waals surface area contributed by atoms with E-state index >= 15 is 0 Å². The highest BCUT2D eigenvalue weighted by Crippen LogP contribution is 2.31. The van der Waals surface area contributed by atoms with Crippen molar-refractivity contribution in [3.05, 3.63) is 58.1 Å². The molecule has 3 rings (SSSR count). The predicted octanol–water partition coefficient (Wildman–Crippen LogP) is 4.90. The van der Waals surface area contributed by atoms with Crippen LogP contribution in [-0.4, -0.2) is 42.9 Å². The molecule has 0 atom stereocenters. The zero-order chi connectivity index (χ0) is 21.8. The molecule has 5 nitrogen and oxygen atoms in total. The van der Waals surface area contributed by atoms with Crippen LogP contribution >= 0.6 is 11.6 Å². The molecule has 2 aromatic carbocycles. The first-order valence-corrected chi connectivity index (χ1v) is 10.8. The number of amides is 2. The summed E-state index contributed by atoms with van der Waals surface area (Å²) in [6.45, 7) is 10.9. The average molecular weight is 428 g/mol. The summed E-state index contributed by atoms with van der Waals surface area (Å²) in [5.41, 5.74) is 4.34. The van der Waals surface area contributed by atoms with Crippen molar-refractivity contribution in [3.8, 4) is 0 Å². The molecule has 0 aromatic heterocycles. The molecule has 1 N–H and O–H groups in total. The van der Waals surface area contributed by atoms with Gasteiger partial charge in [0.2, 0.25) is 5.91 Å². The van der Waals surface area contributed by atoms with Crippen LogP contribution in [0.1, 0.15) is 41.8 Å². The fourth-order valence-electron chi connectivity index (χ4n) is 3.86. The number of anilines is 2. The van der Waals surface area contributed by atoms with Crippen LogP contribution in [0.3, 0.4) is 0 Å². The van der Waals surface area contributed by atoms with Crippen molar-refractivity contribution >= 4 is 34.8 Å². The zero-order valence-electron chi connectivity index (χ0n) is 18.2. The van der Waals surface area contributed by atoms with Crippen molar-refractivity contribution < 1.29 is 9.59 Å². The summed E-state index contributed by atoms with van der Waals surface area (Å²) < 4.78 is 0. The van der Waals surface area contributed by atoms with Crippen molar-refractivity contribution in [3.63, 3.8) is 0 Å². The van der Waals surface area contributed by atoms with Crippen LogP contribution in [0.15, 0.2) is 36.4 Å². The van der Waals surface area contributed by atoms with Crippen LogP contribution in [0, 0.1) is 19.8 Å². The van der Waals surface area contributed by atoms with Crippen LogP contribution in [0.2, 0.25) is 5.02 Å². The highest BCUT2D eigenvalue weighted by Gasteiger charge is 2.23. The Labute approximate surface area is 184 Å². The minimum atomic E-state index is -0.156. The lowest BCUT2D eigenvalue weighted by atomic mass is 10.1. The molecule has 0 bridgehead atoms. The summed E-state index contributed by atoms with van der Waals surface area (Å²) >= 11 is 6.23. The van der Waals surface area contributed by atoms with Gasteiger partial charge in [0, 0.05) is 43.2 Å². The topological polar surface area (TPSA) is 52.7 Å². The van der Waals surface area contributed by atoms with E-state index in [0.717, 1.165) is 29.9 Å². The number of carbonyl (C=O) groups is 2. The molecule has 2 amide bonds. The maximum Gasteiger partial charge on any atom is 0.255 e. The van der Waals surface area contributed by atoms with Gasteiger partial charge in [-0.25, -0.2) is 0 Å². The summed E-state index contributed by atoms with van der Waals surface area (Å²) in [7, 11) is 0.